The van der Waals surface area contributed by atoms with Crippen LogP contribution in [-0.2, 0) is 0 Å². The predicted molar refractivity (Wildman–Crippen MR) is 115 cm³/mol. The summed E-state index contributed by atoms with van der Waals surface area (Å²) in [7, 11) is 0. The Balaban J connectivity index is 0. The Hall–Kier alpha value is -1.26. The monoisotopic (exact) mass is 346 g/mol. The fourth-order valence-corrected chi connectivity index (χ4v) is 2.67. The second-order valence-corrected chi connectivity index (χ2v) is 6.97. The lowest BCUT2D eigenvalue weighted by Gasteiger charge is -2.00. The van der Waals surface area contributed by atoms with Crippen molar-refractivity contribution >= 4 is 0 Å². The molecule has 0 radical (unpaired) electrons. The van der Waals surface area contributed by atoms with Crippen LogP contribution in [0.3, 0.4) is 0 Å². The van der Waals surface area contributed by atoms with Gasteiger partial charge in [0.05, 0.1) is 0 Å². The summed E-state index contributed by atoms with van der Waals surface area (Å²) in [6, 6.07) is 0. The Kier molecular flexibility index (Phi) is 18.1. The first-order valence-electron chi connectivity index (χ1n) is 10.3. The van der Waals surface area contributed by atoms with Crippen molar-refractivity contribution in [3.05, 3.63) is 35.5 Å². The van der Waals surface area contributed by atoms with Gasteiger partial charge in [0.2, 0.25) is 0 Å². The number of rotatable bonds is 10. The lowest BCUT2D eigenvalue weighted by Crippen LogP contribution is -1.81. The van der Waals surface area contributed by atoms with Crippen LogP contribution in [0.5, 0.6) is 0 Å². The van der Waals surface area contributed by atoms with Gasteiger partial charge in [-0.2, -0.15) is 0 Å². The number of aliphatic hydroxyl groups is 1. The molecule has 0 fully saturated rings. The van der Waals surface area contributed by atoms with Crippen molar-refractivity contribution in [2.75, 3.05) is 6.61 Å². The SMILES string of the molecule is CC1=CC=C(C)CC=C1.CCCCCCCCCCCCC#CCO.[HH]. The van der Waals surface area contributed by atoms with Crippen LogP contribution in [-0.4, -0.2) is 11.7 Å². The topological polar surface area (TPSA) is 20.2 Å². The first-order valence-corrected chi connectivity index (χ1v) is 10.3. The van der Waals surface area contributed by atoms with E-state index in [0.29, 0.717) is 0 Å². The molecule has 0 spiro atoms. The number of aliphatic hydroxyl groups excluding tert-OH is 1. The minimum absolute atomic E-state index is 0. The third-order valence-corrected chi connectivity index (χ3v) is 4.31. The van der Waals surface area contributed by atoms with E-state index in [2.05, 4.69) is 56.9 Å². The predicted octanol–water partition coefficient (Wildman–Crippen LogP) is 7.38. The van der Waals surface area contributed by atoms with Crippen LogP contribution in [0.15, 0.2) is 35.5 Å². The quantitative estimate of drug-likeness (QED) is 0.323. The lowest BCUT2D eigenvalue weighted by molar-refractivity contribution is 0.350. The minimum atomic E-state index is 0. The minimum Gasteiger partial charge on any atom is -0.384 e. The highest BCUT2D eigenvalue weighted by atomic mass is 16.2. The molecule has 0 aromatic heterocycles. The van der Waals surface area contributed by atoms with E-state index in [1.165, 1.54) is 75.4 Å². The summed E-state index contributed by atoms with van der Waals surface area (Å²) < 4.78 is 0. The number of unbranched alkanes of at least 4 members (excludes halogenated alkanes) is 10. The summed E-state index contributed by atoms with van der Waals surface area (Å²) in [5.74, 6) is 5.64. The zero-order valence-electron chi connectivity index (χ0n) is 16.9. The van der Waals surface area contributed by atoms with Gasteiger partial charge in [0.15, 0.2) is 0 Å². The highest BCUT2D eigenvalue weighted by molar-refractivity contribution is 5.28. The number of hydrogen-bond acceptors (Lipinski definition) is 1. The van der Waals surface area contributed by atoms with Crippen LogP contribution in [0, 0.1) is 11.8 Å². The molecule has 0 bridgehead atoms. The van der Waals surface area contributed by atoms with Gasteiger partial charge < -0.3 is 5.11 Å². The third kappa shape index (κ3) is 18.9. The fraction of sp³-hybridized carbons (Fsp3) is 0.667. The van der Waals surface area contributed by atoms with E-state index in [4.69, 9.17) is 5.11 Å². The maximum atomic E-state index is 8.45. The molecule has 0 atom stereocenters. The fourth-order valence-electron chi connectivity index (χ4n) is 2.67. The van der Waals surface area contributed by atoms with Crippen molar-refractivity contribution in [3.63, 3.8) is 0 Å². The summed E-state index contributed by atoms with van der Waals surface area (Å²) in [6.45, 7) is 6.54. The zero-order valence-corrected chi connectivity index (χ0v) is 16.9. The van der Waals surface area contributed by atoms with Crippen molar-refractivity contribution in [1.29, 1.82) is 0 Å². The molecule has 0 saturated heterocycles. The van der Waals surface area contributed by atoms with E-state index >= 15 is 0 Å². The van der Waals surface area contributed by atoms with Crippen molar-refractivity contribution < 1.29 is 6.53 Å². The second kappa shape index (κ2) is 19.1. The van der Waals surface area contributed by atoms with Crippen molar-refractivity contribution in [3.8, 4) is 11.8 Å². The third-order valence-electron chi connectivity index (χ3n) is 4.31. The average molecular weight is 347 g/mol. The molecule has 0 heterocycles. The molecular weight excluding hydrogens is 304 g/mol. The van der Waals surface area contributed by atoms with Crippen LogP contribution in [0.2, 0.25) is 0 Å². The van der Waals surface area contributed by atoms with Gasteiger partial charge in [0.1, 0.15) is 6.61 Å². The van der Waals surface area contributed by atoms with Gasteiger partial charge in [-0.15, -0.1) is 5.92 Å². The molecule has 1 nitrogen and oxygen atoms in total. The molecule has 0 saturated carbocycles. The van der Waals surface area contributed by atoms with Crippen LogP contribution < -0.4 is 0 Å². The molecule has 0 unspecified atom stereocenters. The van der Waals surface area contributed by atoms with Crippen molar-refractivity contribution in [2.45, 2.75) is 97.8 Å². The average Bonchev–Trinajstić information content (AvgIpc) is 2.80. The maximum absolute atomic E-state index is 8.45. The largest absolute Gasteiger partial charge is 0.384 e. The molecular formula is C24H42O. The lowest BCUT2D eigenvalue weighted by atomic mass is 10.1. The van der Waals surface area contributed by atoms with Gasteiger partial charge in [-0.1, -0.05) is 106 Å². The molecule has 1 rings (SSSR count). The molecule has 0 aromatic rings. The molecule has 1 aliphatic carbocycles. The normalized spacial score (nSPS) is 13.0. The van der Waals surface area contributed by atoms with Crippen LogP contribution >= 0.6 is 0 Å². The molecule has 1 heteroatoms. The molecule has 144 valence electrons. The molecule has 0 aliphatic heterocycles. The number of hydrogen-bond donors (Lipinski definition) is 1. The molecule has 1 N–H and O–H groups in total. The Morgan fingerprint density at radius 2 is 1.48 bits per heavy atom. The first kappa shape index (κ1) is 23.7. The second-order valence-electron chi connectivity index (χ2n) is 6.97. The van der Waals surface area contributed by atoms with E-state index in [1.807, 2.05) is 0 Å². The Labute approximate surface area is 158 Å². The maximum Gasteiger partial charge on any atom is 0.104 e. The molecule has 1 aliphatic rings. The van der Waals surface area contributed by atoms with E-state index in [1.54, 1.807) is 0 Å². The van der Waals surface area contributed by atoms with Gasteiger partial charge in [-0.25, -0.2) is 0 Å². The van der Waals surface area contributed by atoms with Crippen molar-refractivity contribution in [1.82, 2.24) is 0 Å². The van der Waals surface area contributed by atoms with Gasteiger partial charge >= 0.3 is 0 Å². The van der Waals surface area contributed by atoms with Gasteiger partial charge in [-0.05, 0) is 26.7 Å². The van der Waals surface area contributed by atoms with E-state index in [0.717, 1.165) is 12.8 Å². The first-order chi connectivity index (χ1) is 12.2. The Morgan fingerprint density at radius 1 is 0.880 bits per heavy atom. The summed E-state index contributed by atoms with van der Waals surface area (Å²) in [5.41, 5.74) is 2.77. The van der Waals surface area contributed by atoms with Gasteiger partial charge in [0, 0.05) is 7.85 Å². The zero-order chi connectivity index (χ0) is 18.6. The Bertz CT molecular complexity index is 449. The highest BCUT2D eigenvalue weighted by Gasteiger charge is 1.91. The van der Waals surface area contributed by atoms with Crippen LogP contribution in [0.25, 0.3) is 0 Å². The number of allylic oxidation sites excluding steroid dienone is 6. The van der Waals surface area contributed by atoms with E-state index < -0.39 is 0 Å². The van der Waals surface area contributed by atoms with Crippen LogP contribution in [0.1, 0.15) is 99.2 Å². The highest BCUT2D eigenvalue weighted by Crippen LogP contribution is 2.11. The molecule has 0 amide bonds. The van der Waals surface area contributed by atoms with Gasteiger partial charge in [-0.3, -0.25) is 0 Å². The molecule has 0 aromatic carbocycles. The smallest absolute Gasteiger partial charge is 0.104 e. The van der Waals surface area contributed by atoms with E-state index in [-0.39, 0.29) is 8.03 Å². The summed E-state index contributed by atoms with van der Waals surface area (Å²) in [6.07, 6.45) is 24.4. The summed E-state index contributed by atoms with van der Waals surface area (Å²) in [4.78, 5) is 0. The summed E-state index contributed by atoms with van der Waals surface area (Å²) in [5, 5.41) is 8.45. The standard InChI is InChI=1S/C15H28O.C9H12.H2/c1-2-3-4-5-6-7-8-9-10-11-12-13-14-15-16;1-8-4-3-5-9(2)7-6-8;/h16H,2-12,15H2,1H3;3-4,6-7H,5H2,1-2H3;1H. The van der Waals surface area contributed by atoms with E-state index in [9.17, 15) is 0 Å². The Morgan fingerprint density at radius 3 is 2.08 bits per heavy atom. The summed E-state index contributed by atoms with van der Waals surface area (Å²) >= 11 is 0. The van der Waals surface area contributed by atoms with Crippen LogP contribution in [0.4, 0.5) is 0 Å². The molecule has 25 heavy (non-hydrogen) atoms. The van der Waals surface area contributed by atoms with Gasteiger partial charge in [0.25, 0.3) is 0 Å². The van der Waals surface area contributed by atoms with Crippen molar-refractivity contribution in [2.24, 2.45) is 0 Å².